The lowest BCUT2D eigenvalue weighted by molar-refractivity contribution is -0.113. The number of nitrogens with zero attached hydrogens (tertiary/aromatic N) is 5. The fourth-order valence-corrected chi connectivity index (χ4v) is 4.47. The Morgan fingerprint density at radius 2 is 1.84 bits per heavy atom. The van der Waals surface area contributed by atoms with E-state index in [0.717, 1.165) is 27.6 Å². The van der Waals surface area contributed by atoms with Crippen molar-refractivity contribution in [2.45, 2.75) is 11.9 Å². The number of hydrogen-bond acceptors (Lipinski definition) is 8. The van der Waals surface area contributed by atoms with Gasteiger partial charge in [0.15, 0.2) is 16.6 Å². The third-order valence-electron chi connectivity index (χ3n) is 4.50. The summed E-state index contributed by atoms with van der Waals surface area (Å²) in [7, 11) is 2.96. The van der Waals surface area contributed by atoms with E-state index in [-0.39, 0.29) is 22.7 Å². The standard InChI is InChI=1S/C20H18N6O3S2/c1-11-9-31-19(21-11)22-13(27)10-30-17-14-16(25(2)20(29)26(3)18(14)28)23-15(24-17)12-7-5-4-6-8-12/h4-9H,10H2,1-3H3,(H,21,22,27). The van der Waals surface area contributed by atoms with Gasteiger partial charge in [0.05, 0.1) is 11.4 Å². The first-order valence-electron chi connectivity index (χ1n) is 9.23. The highest BCUT2D eigenvalue weighted by Gasteiger charge is 2.19. The number of aromatic nitrogens is 5. The fraction of sp³-hybridized carbons (Fsp3) is 0.200. The van der Waals surface area contributed by atoms with Crippen LogP contribution in [0.15, 0.2) is 50.3 Å². The summed E-state index contributed by atoms with van der Waals surface area (Å²) in [5, 5.41) is 5.64. The quantitative estimate of drug-likeness (QED) is 0.363. The summed E-state index contributed by atoms with van der Waals surface area (Å²) in [6.07, 6.45) is 0. The van der Waals surface area contributed by atoms with Gasteiger partial charge >= 0.3 is 5.69 Å². The molecule has 0 fully saturated rings. The van der Waals surface area contributed by atoms with E-state index in [0.29, 0.717) is 16.0 Å². The summed E-state index contributed by atoms with van der Waals surface area (Å²) < 4.78 is 2.32. The number of hydrogen-bond donors (Lipinski definition) is 1. The molecule has 0 spiro atoms. The lowest BCUT2D eigenvalue weighted by Gasteiger charge is -2.12. The summed E-state index contributed by atoms with van der Waals surface area (Å²) in [5.74, 6) is 0.120. The van der Waals surface area contributed by atoms with Crippen molar-refractivity contribution in [1.82, 2.24) is 24.1 Å². The van der Waals surface area contributed by atoms with Crippen LogP contribution in [0.3, 0.4) is 0 Å². The zero-order valence-electron chi connectivity index (χ0n) is 16.9. The van der Waals surface area contributed by atoms with Crippen LogP contribution in [0.4, 0.5) is 5.13 Å². The summed E-state index contributed by atoms with van der Waals surface area (Å²) in [6, 6.07) is 9.25. The van der Waals surface area contributed by atoms with Gasteiger partial charge in [0, 0.05) is 25.0 Å². The van der Waals surface area contributed by atoms with Gasteiger partial charge in [-0.05, 0) is 6.92 Å². The summed E-state index contributed by atoms with van der Waals surface area (Å²) in [5.41, 5.74) is 0.799. The van der Waals surface area contributed by atoms with Crippen LogP contribution >= 0.6 is 23.1 Å². The van der Waals surface area contributed by atoms with Gasteiger partial charge in [0.25, 0.3) is 5.56 Å². The first kappa shape index (κ1) is 20.9. The highest BCUT2D eigenvalue weighted by molar-refractivity contribution is 8.00. The Balaban J connectivity index is 1.77. The molecule has 1 N–H and O–H groups in total. The van der Waals surface area contributed by atoms with Gasteiger partial charge in [0.1, 0.15) is 10.4 Å². The number of nitrogens with one attached hydrogen (secondary N) is 1. The summed E-state index contributed by atoms with van der Waals surface area (Å²) in [6.45, 7) is 1.85. The maximum absolute atomic E-state index is 12.9. The maximum atomic E-state index is 12.9. The number of amides is 1. The Hall–Kier alpha value is -3.31. The fourth-order valence-electron chi connectivity index (χ4n) is 2.95. The number of thiazole rings is 1. The van der Waals surface area contributed by atoms with Crippen molar-refractivity contribution >= 4 is 45.2 Å². The molecule has 0 aliphatic carbocycles. The number of fused-ring (bicyclic) bond motifs is 1. The van der Waals surface area contributed by atoms with Crippen LogP contribution < -0.4 is 16.6 Å². The number of benzene rings is 1. The van der Waals surface area contributed by atoms with E-state index in [2.05, 4.69) is 20.3 Å². The van der Waals surface area contributed by atoms with Crippen LogP contribution in [-0.2, 0) is 18.9 Å². The third-order valence-corrected chi connectivity index (χ3v) is 6.36. The largest absolute Gasteiger partial charge is 0.332 e. The molecule has 0 aliphatic heterocycles. The zero-order chi connectivity index (χ0) is 22.1. The first-order chi connectivity index (χ1) is 14.8. The molecule has 1 aromatic carbocycles. The molecule has 4 aromatic rings. The number of aryl methyl sites for hydroxylation is 2. The van der Waals surface area contributed by atoms with E-state index in [9.17, 15) is 14.4 Å². The zero-order valence-corrected chi connectivity index (χ0v) is 18.6. The molecule has 158 valence electrons. The van der Waals surface area contributed by atoms with Gasteiger partial charge < -0.3 is 5.32 Å². The maximum Gasteiger partial charge on any atom is 0.332 e. The van der Waals surface area contributed by atoms with Gasteiger partial charge in [-0.3, -0.25) is 18.7 Å². The number of anilines is 1. The second kappa shape index (κ2) is 8.44. The SMILES string of the molecule is Cc1csc(NC(=O)CSc2nc(-c3ccccc3)nc3c2c(=O)n(C)c(=O)n3C)n1. The van der Waals surface area contributed by atoms with Gasteiger partial charge in [0.2, 0.25) is 5.91 Å². The van der Waals surface area contributed by atoms with E-state index in [1.807, 2.05) is 42.6 Å². The lowest BCUT2D eigenvalue weighted by Crippen LogP contribution is -2.37. The van der Waals surface area contributed by atoms with Crippen molar-refractivity contribution < 1.29 is 4.79 Å². The minimum absolute atomic E-state index is 0.0188. The molecule has 4 rings (SSSR count). The van der Waals surface area contributed by atoms with Gasteiger partial charge in [-0.1, -0.05) is 42.1 Å². The van der Waals surface area contributed by atoms with Crippen LogP contribution in [-0.4, -0.2) is 35.7 Å². The predicted molar refractivity (Wildman–Crippen MR) is 122 cm³/mol. The lowest BCUT2D eigenvalue weighted by atomic mass is 10.2. The second-order valence-corrected chi connectivity index (χ2v) is 8.58. The Morgan fingerprint density at radius 1 is 1.10 bits per heavy atom. The summed E-state index contributed by atoms with van der Waals surface area (Å²) in [4.78, 5) is 50.9. The minimum Gasteiger partial charge on any atom is -0.301 e. The number of carbonyl (C=O) groups excluding carboxylic acids is 1. The average Bonchev–Trinajstić information content (AvgIpc) is 3.19. The van der Waals surface area contributed by atoms with Gasteiger partial charge in [-0.25, -0.2) is 19.7 Å². The van der Waals surface area contributed by atoms with Crippen LogP contribution in [0.1, 0.15) is 5.69 Å². The molecule has 3 heterocycles. The molecule has 0 aliphatic rings. The molecule has 1 amide bonds. The molecule has 3 aromatic heterocycles. The van der Waals surface area contributed by atoms with Crippen LogP contribution in [0.5, 0.6) is 0 Å². The van der Waals surface area contributed by atoms with Crippen LogP contribution in [0.25, 0.3) is 22.4 Å². The van der Waals surface area contributed by atoms with Crippen molar-refractivity contribution in [2.75, 3.05) is 11.1 Å². The molecule has 31 heavy (non-hydrogen) atoms. The van der Waals surface area contributed by atoms with E-state index in [4.69, 9.17) is 0 Å². The van der Waals surface area contributed by atoms with Crippen molar-refractivity contribution in [1.29, 1.82) is 0 Å². The second-order valence-electron chi connectivity index (χ2n) is 6.75. The Bertz CT molecular complexity index is 1410. The monoisotopic (exact) mass is 454 g/mol. The molecular weight excluding hydrogens is 436 g/mol. The van der Waals surface area contributed by atoms with Gasteiger partial charge in [-0.15, -0.1) is 11.3 Å². The summed E-state index contributed by atoms with van der Waals surface area (Å²) >= 11 is 2.46. The van der Waals surface area contributed by atoms with E-state index in [1.54, 1.807) is 7.05 Å². The third kappa shape index (κ3) is 4.14. The normalized spacial score (nSPS) is 11.1. The van der Waals surface area contributed by atoms with E-state index >= 15 is 0 Å². The molecular formula is C20H18N6O3S2. The topological polar surface area (TPSA) is 112 Å². The molecule has 11 heteroatoms. The van der Waals surface area contributed by atoms with E-state index in [1.165, 1.54) is 23.0 Å². The van der Waals surface area contributed by atoms with Gasteiger partial charge in [-0.2, -0.15) is 0 Å². The molecule has 0 atom stereocenters. The van der Waals surface area contributed by atoms with Crippen LogP contribution in [0, 0.1) is 6.92 Å². The Labute approximate surface area is 184 Å². The average molecular weight is 455 g/mol. The minimum atomic E-state index is -0.504. The van der Waals surface area contributed by atoms with Crippen molar-refractivity contribution in [3.05, 3.63) is 62.2 Å². The van der Waals surface area contributed by atoms with Crippen LogP contribution in [0.2, 0.25) is 0 Å². The van der Waals surface area contributed by atoms with E-state index < -0.39 is 11.2 Å². The number of carbonyl (C=O) groups is 1. The molecule has 0 saturated carbocycles. The highest BCUT2D eigenvalue weighted by Crippen LogP contribution is 2.26. The Kier molecular flexibility index (Phi) is 5.70. The molecule has 0 bridgehead atoms. The predicted octanol–water partition coefficient (Wildman–Crippen LogP) is 2.19. The first-order valence-corrected chi connectivity index (χ1v) is 11.1. The molecule has 0 radical (unpaired) electrons. The van der Waals surface area contributed by atoms with Crippen molar-refractivity contribution in [3.8, 4) is 11.4 Å². The number of thioether (sulfide) groups is 1. The Morgan fingerprint density at radius 3 is 2.52 bits per heavy atom. The molecule has 0 unspecified atom stereocenters. The van der Waals surface area contributed by atoms with Crippen molar-refractivity contribution in [3.63, 3.8) is 0 Å². The number of rotatable bonds is 5. The smallest absolute Gasteiger partial charge is 0.301 e. The molecule has 0 saturated heterocycles. The molecule has 9 nitrogen and oxygen atoms in total. The highest BCUT2D eigenvalue weighted by atomic mass is 32.2. The van der Waals surface area contributed by atoms with Crippen molar-refractivity contribution in [2.24, 2.45) is 14.1 Å².